The molecule has 3 aromatic rings. The van der Waals surface area contributed by atoms with Crippen LogP contribution in [0.4, 0.5) is 0 Å². The Labute approximate surface area is 157 Å². The smallest absolute Gasteiger partial charge is 0.243 e. The van der Waals surface area contributed by atoms with Crippen LogP contribution in [0.2, 0.25) is 0 Å². The van der Waals surface area contributed by atoms with Crippen molar-refractivity contribution < 1.29 is 13.2 Å². The van der Waals surface area contributed by atoms with E-state index in [-0.39, 0.29) is 11.4 Å². The summed E-state index contributed by atoms with van der Waals surface area (Å²) in [6, 6.07) is 12.3. The molecule has 26 heavy (non-hydrogen) atoms. The van der Waals surface area contributed by atoms with Gasteiger partial charge in [-0.15, -0.1) is 0 Å². The number of sulfonamides is 1. The third-order valence-electron chi connectivity index (χ3n) is 4.01. The molecule has 0 saturated carbocycles. The minimum absolute atomic E-state index is 0.212. The average Bonchev–Trinajstić information content (AvgIpc) is 3.15. The number of methoxy groups -OCH3 is 1. The van der Waals surface area contributed by atoms with Crippen molar-refractivity contribution in [2.24, 2.45) is 0 Å². The Balaban J connectivity index is 1.97. The van der Waals surface area contributed by atoms with Crippen molar-refractivity contribution >= 4 is 21.4 Å². The van der Waals surface area contributed by atoms with E-state index in [4.69, 9.17) is 4.74 Å². The van der Waals surface area contributed by atoms with Crippen molar-refractivity contribution in [2.45, 2.75) is 24.9 Å². The van der Waals surface area contributed by atoms with Gasteiger partial charge in [-0.25, -0.2) is 8.42 Å². The van der Waals surface area contributed by atoms with Gasteiger partial charge in [-0.1, -0.05) is 6.07 Å². The molecular formula is C19H20N2O3S2. The summed E-state index contributed by atoms with van der Waals surface area (Å²) in [5.74, 6) is 0.665. The Morgan fingerprint density at radius 1 is 1.15 bits per heavy atom. The van der Waals surface area contributed by atoms with Crippen molar-refractivity contribution in [3.63, 3.8) is 0 Å². The third-order valence-corrected chi connectivity index (χ3v) is 6.53. The molecular weight excluding hydrogens is 368 g/mol. The maximum atomic E-state index is 13.3. The number of aromatic nitrogens is 1. The van der Waals surface area contributed by atoms with Crippen molar-refractivity contribution in [2.75, 3.05) is 7.11 Å². The zero-order valence-corrected chi connectivity index (χ0v) is 16.3. The second kappa shape index (κ2) is 7.99. The topological polar surface area (TPSA) is 59.5 Å². The molecule has 7 heteroatoms. The maximum Gasteiger partial charge on any atom is 0.243 e. The van der Waals surface area contributed by atoms with E-state index in [0.717, 1.165) is 11.1 Å². The molecule has 0 unspecified atom stereocenters. The molecule has 0 atom stereocenters. The largest absolute Gasteiger partial charge is 0.496 e. The molecule has 0 spiro atoms. The van der Waals surface area contributed by atoms with Gasteiger partial charge in [0.05, 0.1) is 24.2 Å². The third kappa shape index (κ3) is 4.12. The van der Waals surface area contributed by atoms with E-state index >= 15 is 0 Å². The van der Waals surface area contributed by atoms with Crippen molar-refractivity contribution in [3.8, 4) is 5.75 Å². The van der Waals surface area contributed by atoms with Crippen molar-refractivity contribution in [3.05, 3.63) is 76.2 Å². The number of hydrogen-bond acceptors (Lipinski definition) is 5. The van der Waals surface area contributed by atoms with E-state index in [1.165, 1.54) is 4.31 Å². The molecule has 3 rings (SSSR count). The van der Waals surface area contributed by atoms with E-state index in [0.29, 0.717) is 18.0 Å². The highest BCUT2D eigenvalue weighted by Gasteiger charge is 2.26. The first-order valence-corrected chi connectivity index (χ1v) is 10.4. The predicted octanol–water partition coefficient (Wildman–Crippen LogP) is 3.85. The lowest BCUT2D eigenvalue weighted by Crippen LogP contribution is -2.30. The van der Waals surface area contributed by atoms with Crippen molar-refractivity contribution in [1.29, 1.82) is 0 Å². The molecule has 0 amide bonds. The molecule has 0 radical (unpaired) electrons. The fourth-order valence-corrected chi connectivity index (χ4v) is 4.79. The number of benzene rings is 1. The molecule has 0 aliphatic rings. The average molecular weight is 389 g/mol. The van der Waals surface area contributed by atoms with Gasteiger partial charge in [0.1, 0.15) is 5.75 Å². The second-order valence-corrected chi connectivity index (χ2v) is 8.58. The molecule has 0 saturated heterocycles. The predicted molar refractivity (Wildman–Crippen MR) is 103 cm³/mol. The Kier molecular flexibility index (Phi) is 5.70. The molecule has 2 heterocycles. The standard InChI is InChI=1S/C19H20N2O3S2/c1-15-11-18(6-7-19(15)24-2)26(22,23)21(12-16-8-10-25-14-16)13-17-5-3-4-9-20-17/h3-11,14H,12-13H2,1-2H3. The van der Waals surface area contributed by atoms with Gasteiger partial charge in [0.25, 0.3) is 0 Å². The number of aryl methyl sites for hydroxylation is 1. The summed E-state index contributed by atoms with van der Waals surface area (Å²) in [4.78, 5) is 4.53. The van der Waals surface area contributed by atoms with E-state index in [2.05, 4.69) is 4.98 Å². The van der Waals surface area contributed by atoms with E-state index in [9.17, 15) is 8.42 Å². The van der Waals surface area contributed by atoms with Crippen LogP contribution in [0.1, 0.15) is 16.8 Å². The van der Waals surface area contributed by atoms with Crippen LogP contribution in [-0.2, 0) is 23.1 Å². The van der Waals surface area contributed by atoms with E-state index < -0.39 is 10.0 Å². The fraction of sp³-hybridized carbons (Fsp3) is 0.211. The number of ether oxygens (including phenoxy) is 1. The van der Waals surface area contributed by atoms with Gasteiger partial charge in [-0.05, 0) is 65.2 Å². The van der Waals surface area contributed by atoms with Gasteiger partial charge >= 0.3 is 0 Å². The summed E-state index contributed by atoms with van der Waals surface area (Å²) in [5, 5.41) is 3.90. The van der Waals surface area contributed by atoms with Crippen LogP contribution in [-0.4, -0.2) is 24.8 Å². The molecule has 2 aromatic heterocycles. The molecule has 1 aromatic carbocycles. The second-order valence-electron chi connectivity index (χ2n) is 5.86. The molecule has 5 nitrogen and oxygen atoms in total. The fourth-order valence-electron chi connectivity index (χ4n) is 2.64. The lowest BCUT2D eigenvalue weighted by atomic mass is 10.2. The number of nitrogens with zero attached hydrogens (tertiary/aromatic N) is 2. The summed E-state index contributed by atoms with van der Waals surface area (Å²) in [6.45, 7) is 2.34. The van der Waals surface area contributed by atoms with E-state index in [1.807, 2.05) is 41.9 Å². The minimum Gasteiger partial charge on any atom is -0.496 e. The Bertz CT molecular complexity index is 956. The molecule has 0 aliphatic carbocycles. The monoisotopic (exact) mass is 388 g/mol. The van der Waals surface area contributed by atoms with Gasteiger partial charge in [0, 0.05) is 12.7 Å². The molecule has 0 N–H and O–H groups in total. The van der Waals surface area contributed by atoms with Gasteiger partial charge in [-0.3, -0.25) is 4.98 Å². The number of hydrogen-bond donors (Lipinski definition) is 0. The summed E-state index contributed by atoms with van der Waals surface area (Å²) in [5.41, 5.74) is 2.44. The molecule has 0 aliphatic heterocycles. The van der Waals surface area contributed by atoms with Crippen LogP contribution in [0.3, 0.4) is 0 Å². The SMILES string of the molecule is COc1ccc(S(=O)(=O)N(Cc2ccsc2)Cc2ccccn2)cc1C. The molecule has 0 fully saturated rings. The van der Waals surface area contributed by atoms with Crippen LogP contribution in [0.15, 0.2) is 64.3 Å². The van der Waals surface area contributed by atoms with Crippen LogP contribution in [0.5, 0.6) is 5.75 Å². The lowest BCUT2D eigenvalue weighted by Gasteiger charge is -2.22. The summed E-state index contributed by atoms with van der Waals surface area (Å²) in [7, 11) is -2.11. The highest BCUT2D eigenvalue weighted by molar-refractivity contribution is 7.89. The quantitative estimate of drug-likeness (QED) is 0.617. The highest BCUT2D eigenvalue weighted by atomic mass is 32.2. The summed E-state index contributed by atoms with van der Waals surface area (Å²) in [6.07, 6.45) is 1.67. The summed E-state index contributed by atoms with van der Waals surface area (Å²) < 4.78 is 33.2. The van der Waals surface area contributed by atoms with Crippen LogP contribution >= 0.6 is 11.3 Å². The first-order valence-electron chi connectivity index (χ1n) is 8.06. The summed E-state index contributed by atoms with van der Waals surface area (Å²) >= 11 is 1.55. The van der Waals surface area contributed by atoms with Crippen molar-refractivity contribution in [1.82, 2.24) is 9.29 Å². The zero-order chi connectivity index (χ0) is 18.6. The first kappa shape index (κ1) is 18.6. The highest BCUT2D eigenvalue weighted by Crippen LogP contribution is 2.26. The van der Waals surface area contributed by atoms with Gasteiger partial charge in [-0.2, -0.15) is 15.6 Å². The Morgan fingerprint density at radius 2 is 2.00 bits per heavy atom. The van der Waals surface area contributed by atoms with Crippen LogP contribution < -0.4 is 4.74 Å². The van der Waals surface area contributed by atoms with Gasteiger partial charge in [0.15, 0.2) is 0 Å². The lowest BCUT2D eigenvalue weighted by molar-refractivity contribution is 0.396. The zero-order valence-electron chi connectivity index (χ0n) is 14.6. The Morgan fingerprint density at radius 3 is 2.62 bits per heavy atom. The maximum absolute atomic E-state index is 13.3. The Hall–Kier alpha value is -2.22. The van der Waals surface area contributed by atoms with Crippen LogP contribution in [0.25, 0.3) is 0 Å². The van der Waals surface area contributed by atoms with Gasteiger partial charge in [0.2, 0.25) is 10.0 Å². The number of pyridine rings is 1. The van der Waals surface area contributed by atoms with Gasteiger partial charge < -0.3 is 4.74 Å². The molecule has 0 bridgehead atoms. The normalized spacial score (nSPS) is 11.7. The number of thiophene rings is 1. The number of rotatable bonds is 7. The van der Waals surface area contributed by atoms with Crippen LogP contribution in [0, 0.1) is 6.92 Å². The van der Waals surface area contributed by atoms with E-state index in [1.54, 1.807) is 42.8 Å². The molecule has 136 valence electrons. The first-order chi connectivity index (χ1) is 12.5. The minimum atomic E-state index is -3.68.